The Labute approximate surface area is 256 Å². The highest BCUT2D eigenvalue weighted by atomic mass is 35.5. The first-order valence-corrected chi connectivity index (χ1v) is 14.1. The van der Waals surface area contributed by atoms with Crippen molar-refractivity contribution in [1.82, 2.24) is 9.13 Å². The Kier molecular flexibility index (Phi) is 6.80. The Bertz CT molecular complexity index is 1940. The molecule has 0 saturated carbocycles. The number of carbonyl (C=O) groups excluding carboxylic acids is 2. The van der Waals surface area contributed by atoms with Gasteiger partial charge < -0.3 is 29.0 Å². The number of methoxy groups -OCH3 is 4. The summed E-state index contributed by atoms with van der Waals surface area (Å²) in [7, 11) is 8.69. The number of anilines is 1. The molecule has 6 rings (SSSR count). The molecule has 2 aromatic carbocycles. The van der Waals surface area contributed by atoms with Gasteiger partial charge in [0, 0.05) is 43.3 Å². The van der Waals surface area contributed by atoms with Crippen LogP contribution < -0.4 is 40.3 Å². The van der Waals surface area contributed by atoms with Crippen LogP contribution in [0.15, 0.2) is 45.1 Å². The third-order valence-corrected chi connectivity index (χ3v) is 9.17. The van der Waals surface area contributed by atoms with Gasteiger partial charge in [0.05, 0.1) is 34.0 Å². The van der Waals surface area contributed by atoms with Gasteiger partial charge in [-0.05, 0) is 24.1 Å². The highest BCUT2D eigenvalue weighted by Gasteiger charge is 2.63. The number of benzene rings is 2. The van der Waals surface area contributed by atoms with Crippen molar-refractivity contribution in [2.45, 2.75) is 24.9 Å². The van der Waals surface area contributed by atoms with Crippen LogP contribution in [0.25, 0.3) is 0 Å². The van der Waals surface area contributed by atoms with Gasteiger partial charge in [0.1, 0.15) is 27.9 Å². The van der Waals surface area contributed by atoms with Crippen molar-refractivity contribution in [3.8, 4) is 28.7 Å². The number of nitrogens with zero attached hydrogens (tertiary/aromatic N) is 2. The van der Waals surface area contributed by atoms with Crippen LogP contribution in [0.4, 0.5) is 5.82 Å². The second-order valence-electron chi connectivity index (χ2n) is 10.9. The SMILES string of the molecule is COc1ccc([C@H]2C3=C(C[C@@H](C)[C@]4(Oc5c(Cl)c(OC)cc(OC)c5C4=O)C3=O)Nc3c2c(=O)n(C)c(=O)n3C)cc1OC. The Hall–Kier alpha value is -4.71. The first kappa shape index (κ1) is 29.4. The minimum absolute atomic E-state index is 0.0118. The molecule has 1 aliphatic carbocycles. The molecule has 0 radical (unpaired) electrons. The molecule has 1 aromatic heterocycles. The Morgan fingerprint density at radius 3 is 2.18 bits per heavy atom. The van der Waals surface area contributed by atoms with Gasteiger partial charge >= 0.3 is 5.69 Å². The molecule has 0 saturated heterocycles. The number of carbonyl (C=O) groups is 2. The van der Waals surface area contributed by atoms with E-state index in [9.17, 15) is 19.2 Å². The number of ether oxygens (including phenoxy) is 5. The summed E-state index contributed by atoms with van der Waals surface area (Å²) in [5.41, 5.74) is -1.83. The fourth-order valence-corrected chi connectivity index (χ4v) is 6.82. The van der Waals surface area contributed by atoms with Gasteiger partial charge in [-0.3, -0.25) is 23.5 Å². The topological polar surface area (TPSA) is 136 Å². The van der Waals surface area contributed by atoms with Crippen molar-refractivity contribution in [2.24, 2.45) is 20.0 Å². The summed E-state index contributed by atoms with van der Waals surface area (Å²) < 4.78 is 30.5. The highest BCUT2D eigenvalue weighted by molar-refractivity contribution is 6.36. The maximum Gasteiger partial charge on any atom is 0.332 e. The molecular formula is C31H30ClN3O9. The number of nitrogens with one attached hydrogen (secondary N) is 1. The number of halogens is 1. The van der Waals surface area contributed by atoms with Crippen LogP contribution in [0.2, 0.25) is 5.02 Å². The monoisotopic (exact) mass is 623 g/mol. The van der Waals surface area contributed by atoms with Gasteiger partial charge in [0.2, 0.25) is 17.2 Å². The first-order chi connectivity index (χ1) is 21.0. The summed E-state index contributed by atoms with van der Waals surface area (Å²) in [4.78, 5) is 56.1. The number of rotatable bonds is 5. The number of fused-ring (bicyclic) bond motifs is 2. The smallest absolute Gasteiger partial charge is 0.332 e. The number of ketones is 2. The van der Waals surface area contributed by atoms with E-state index >= 15 is 0 Å². The Morgan fingerprint density at radius 1 is 0.886 bits per heavy atom. The summed E-state index contributed by atoms with van der Waals surface area (Å²) in [6.45, 7) is 1.73. The third-order valence-electron chi connectivity index (χ3n) is 8.82. The molecule has 1 N–H and O–H groups in total. The summed E-state index contributed by atoms with van der Waals surface area (Å²) in [5.74, 6) is -1.54. The largest absolute Gasteiger partial charge is 0.496 e. The van der Waals surface area contributed by atoms with E-state index in [1.807, 2.05) is 0 Å². The van der Waals surface area contributed by atoms with Crippen LogP contribution in [0.1, 0.15) is 40.7 Å². The molecule has 2 aliphatic heterocycles. The molecule has 0 fully saturated rings. The number of aromatic nitrogens is 2. The van der Waals surface area contributed by atoms with Gasteiger partial charge in [-0.15, -0.1) is 0 Å². The van der Waals surface area contributed by atoms with Crippen molar-refractivity contribution in [1.29, 1.82) is 0 Å². The van der Waals surface area contributed by atoms with E-state index < -0.39 is 40.3 Å². The van der Waals surface area contributed by atoms with Crippen molar-refractivity contribution < 1.29 is 33.3 Å². The predicted octanol–water partition coefficient (Wildman–Crippen LogP) is 3.21. The summed E-state index contributed by atoms with van der Waals surface area (Å²) in [6.07, 6.45) is 0.171. The zero-order chi connectivity index (χ0) is 31.8. The molecule has 0 bridgehead atoms. The average Bonchev–Trinajstić information content (AvgIpc) is 3.35. The summed E-state index contributed by atoms with van der Waals surface area (Å²) in [6, 6.07) is 6.52. The number of Topliss-reactive ketones (excluding diaryl/α,β-unsaturated/α-hetero) is 2. The van der Waals surface area contributed by atoms with Crippen LogP contribution in [0.3, 0.4) is 0 Å². The maximum absolute atomic E-state index is 15.0. The molecule has 1 spiro atoms. The van der Waals surface area contributed by atoms with Crippen LogP contribution in [-0.4, -0.2) is 54.7 Å². The number of hydrogen-bond donors (Lipinski definition) is 1. The van der Waals surface area contributed by atoms with E-state index in [4.69, 9.17) is 35.3 Å². The lowest BCUT2D eigenvalue weighted by Gasteiger charge is -2.42. The van der Waals surface area contributed by atoms with Gasteiger partial charge in [-0.1, -0.05) is 24.6 Å². The van der Waals surface area contributed by atoms with E-state index in [1.54, 1.807) is 32.2 Å². The highest BCUT2D eigenvalue weighted by Crippen LogP contribution is 2.56. The lowest BCUT2D eigenvalue weighted by molar-refractivity contribution is -0.130. The van der Waals surface area contributed by atoms with E-state index in [-0.39, 0.29) is 51.2 Å². The molecule has 0 amide bonds. The molecule has 3 atom stereocenters. The molecule has 44 heavy (non-hydrogen) atoms. The maximum atomic E-state index is 15.0. The van der Waals surface area contributed by atoms with E-state index in [2.05, 4.69) is 5.32 Å². The number of allylic oxidation sites excluding steroid dienone is 1. The van der Waals surface area contributed by atoms with Crippen molar-refractivity contribution >= 4 is 29.0 Å². The van der Waals surface area contributed by atoms with Crippen molar-refractivity contribution in [3.05, 3.63) is 78.1 Å². The van der Waals surface area contributed by atoms with Crippen LogP contribution >= 0.6 is 11.6 Å². The second-order valence-corrected chi connectivity index (χ2v) is 11.3. The molecular weight excluding hydrogens is 594 g/mol. The normalized spacial score (nSPS) is 21.7. The Balaban J connectivity index is 1.63. The lowest BCUT2D eigenvalue weighted by atomic mass is 9.66. The predicted molar refractivity (Wildman–Crippen MR) is 160 cm³/mol. The van der Waals surface area contributed by atoms with E-state index in [0.29, 0.717) is 22.8 Å². The van der Waals surface area contributed by atoms with Gasteiger partial charge in [-0.2, -0.15) is 0 Å². The van der Waals surface area contributed by atoms with Crippen LogP contribution in [0.5, 0.6) is 28.7 Å². The fourth-order valence-electron chi connectivity index (χ4n) is 6.55. The second kappa shape index (κ2) is 10.2. The molecule has 0 unspecified atom stereocenters. The minimum atomic E-state index is -2.01. The van der Waals surface area contributed by atoms with Crippen LogP contribution in [-0.2, 0) is 18.9 Å². The molecule has 230 valence electrons. The van der Waals surface area contributed by atoms with Gasteiger partial charge in [-0.25, -0.2) is 4.79 Å². The molecule has 12 nitrogen and oxygen atoms in total. The van der Waals surface area contributed by atoms with E-state index in [1.165, 1.54) is 46.1 Å². The quantitative estimate of drug-likeness (QED) is 0.422. The summed E-state index contributed by atoms with van der Waals surface area (Å²) in [5, 5.41) is 3.23. The zero-order valence-electron chi connectivity index (χ0n) is 25.1. The molecule has 3 heterocycles. The van der Waals surface area contributed by atoms with E-state index in [0.717, 1.165) is 4.57 Å². The Morgan fingerprint density at radius 2 is 1.55 bits per heavy atom. The molecule has 3 aliphatic rings. The molecule has 3 aromatic rings. The zero-order valence-corrected chi connectivity index (χ0v) is 25.9. The first-order valence-electron chi connectivity index (χ1n) is 13.7. The van der Waals surface area contributed by atoms with Crippen molar-refractivity contribution in [2.75, 3.05) is 33.8 Å². The van der Waals surface area contributed by atoms with Crippen molar-refractivity contribution in [3.63, 3.8) is 0 Å². The third kappa shape index (κ3) is 3.69. The van der Waals surface area contributed by atoms with Gasteiger partial charge in [0.25, 0.3) is 5.56 Å². The number of hydrogen-bond acceptors (Lipinski definition) is 10. The average molecular weight is 624 g/mol. The summed E-state index contributed by atoms with van der Waals surface area (Å²) >= 11 is 6.61. The standard InChI is InChI=1S/C31H30ClN3O9/c1-13-10-15-21(26(36)31(13)27(37)22-18(42-6)12-19(43-7)24(32)25(22)44-31)20(14-8-9-16(40-4)17(11-14)41-5)23-28(33-15)34(2)30(39)35(3)29(23)38/h8-9,11-13,20,33H,10H2,1-7H3/t13-,20+,31+/m1/s1. The lowest BCUT2D eigenvalue weighted by Crippen LogP contribution is -2.58. The van der Waals surface area contributed by atoms with Gasteiger partial charge in [0.15, 0.2) is 17.2 Å². The minimum Gasteiger partial charge on any atom is -0.496 e. The fraction of sp³-hybridized carbons (Fsp3) is 0.355. The molecule has 13 heteroatoms. The van der Waals surface area contributed by atoms with Crippen LogP contribution in [0, 0.1) is 5.92 Å².